The number of hydrogen-bond acceptors (Lipinski definition) is 3. The van der Waals surface area contributed by atoms with E-state index in [-0.39, 0.29) is 17.4 Å². The molecule has 2 aromatic rings. The molecule has 0 spiro atoms. The zero-order valence-corrected chi connectivity index (χ0v) is 16.4. The van der Waals surface area contributed by atoms with Gasteiger partial charge in [0, 0.05) is 49.7 Å². The van der Waals surface area contributed by atoms with E-state index >= 15 is 0 Å². The molecule has 1 fully saturated rings. The number of rotatable bonds is 3. The van der Waals surface area contributed by atoms with Crippen LogP contribution in [-0.2, 0) is 5.54 Å². The summed E-state index contributed by atoms with van der Waals surface area (Å²) < 4.78 is 7.23. The Labute approximate surface area is 160 Å². The molecule has 1 aliphatic heterocycles. The first-order valence-electron chi connectivity index (χ1n) is 9.20. The topological polar surface area (TPSA) is 54.8 Å². The quantitative estimate of drug-likeness (QED) is 0.836. The first-order chi connectivity index (χ1) is 12.8. The highest BCUT2D eigenvalue weighted by molar-refractivity contribution is 5.96. The van der Waals surface area contributed by atoms with Crippen molar-refractivity contribution < 1.29 is 14.3 Å². The van der Waals surface area contributed by atoms with Crippen molar-refractivity contribution >= 4 is 11.8 Å². The van der Waals surface area contributed by atoms with Gasteiger partial charge in [0.1, 0.15) is 5.75 Å². The van der Waals surface area contributed by atoms with Gasteiger partial charge < -0.3 is 19.1 Å². The number of aromatic nitrogens is 1. The van der Waals surface area contributed by atoms with Crippen LogP contribution in [0.1, 0.15) is 41.5 Å². The number of piperazine rings is 1. The summed E-state index contributed by atoms with van der Waals surface area (Å²) in [6, 6.07) is 9.02. The van der Waals surface area contributed by atoms with Crippen molar-refractivity contribution in [3.8, 4) is 5.75 Å². The van der Waals surface area contributed by atoms with Gasteiger partial charge in [-0.25, -0.2) is 0 Å². The molecule has 0 atom stereocenters. The second kappa shape index (κ2) is 7.47. The molecule has 1 aromatic heterocycles. The second-order valence-corrected chi connectivity index (χ2v) is 7.79. The Kier molecular flexibility index (Phi) is 5.26. The normalized spacial score (nSPS) is 15.0. The van der Waals surface area contributed by atoms with Gasteiger partial charge in [0.2, 0.25) is 0 Å². The van der Waals surface area contributed by atoms with Crippen molar-refractivity contribution in [3.63, 3.8) is 0 Å². The van der Waals surface area contributed by atoms with E-state index in [0.29, 0.717) is 43.1 Å². The lowest BCUT2D eigenvalue weighted by Crippen LogP contribution is -2.50. The summed E-state index contributed by atoms with van der Waals surface area (Å²) in [5.41, 5.74) is 1.24. The monoisotopic (exact) mass is 369 g/mol. The summed E-state index contributed by atoms with van der Waals surface area (Å²) in [5.74, 6) is 0.657. The van der Waals surface area contributed by atoms with Gasteiger partial charge in [-0.3, -0.25) is 9.59 Å². The van der Waals surface area contributed by atoms with Crippen LogP contribution in [0, 0.1) is 0 Å². The van der Waals surface area contributed by atoms with Crippen LogP contribution in [0.3, 0.4) is 0 Å². The number of methoxy groups -OCH3 is 1. The van der Waals surface area contributed by atoms with Crippen LogP contribution < -0.4 is 4.74 Å². The Balaban J connectivity index is 1.62. The van der Waals surface area contributed by atoms with E-state index in [9.17, 15) is 9.59 Å². The first kappa shape index (κ1) is 19.0. The lowest BCUT2D eigenvalue weighted by Gasteiger charge is -2.34. The Morgan fingerprint density at radius 2 is 1.52 bits per heavy atom. The third kappa shape index (κ3) is 4.15. The van der Waals surface area contributed by atoms with Crippen LogP contribution in [0.5, 0.6) is 5.75 Å². The zero-order valence-electron chi connectivity index (χ0n) is 16.4. The fourth-order valence-electron chi connectivity index (χ4n) is 3.17. The van der Waals surface area contributed by atoms with Crippen molar-refractivity contribution in [3.05, 3.63) is 53.9 Å². The van der Waals surface area contributed by atoms with Crippen molar-refractivity contribution in [2.45, 2.75) is 26.3 Å². The van der Waals surface area contributed by atoms with E-state index in [1.165, 1.54) is 0 Å². The molecule has 1 aromatic carbocycles. The predicted octanol–water partition coefficient (Wildman–Crippen LogP) is 2.85. The number of ether oxygens (including phenoxy) is 1. The highest BCUT2D eigenvalue weighted by Crippen LogP contribution is 2.19. The highest BCUT2D eigenvalue weighted by atomic mass is 16.5. The van der Waals surface area contributed by atoms with Gasteiger partial charge in [0.05, 0.1) is 12.7 Å². The zero-order chi connectivity index (χ0) is 19.6. The lowest BCUT2D eigenvalue weighted by molar-refractivity contribution is 0.0535. The van der Waals surface area contributed by atoms with Gasteiger partial charge in [-0.2, -0.15) is 0 Å². The summed E-state index contributed by atoms with van der Waals surface area (Å²) in [4.78, 5) is 29.1. The van der Waals surface area contributed by atoms with Crippen molar-refractivity contribution in [2.24, 2.45) is 0 Å². The number of carbonyl (C=O) groups is 2. The van der Waals surface area contributed by atoms with Gasteiger partial charge in [-0.1, -0.05) is 6.07 Å². The van der Waals surface area contributed by atoms with E-state index in [1.54, 1.807) is 24.1 Å². The van der Waals surface area contributed by atoms with Gasteiger partial charge in [-0.05, 0) is 45.0 Å². The summed E-state index contributed by atoms with van der Waals surface area (Å²) in [7, 11) is 1.58. The molecule has 1 aliphatic rings. The smallest absolute Gasteiger partial charge is 0.255 e. The van der Waals surface area contributed by atoms with Crippen molar-refractivity contribution in [2.75, 3.05) is 33.3 Å². The summed E-state index contributed by atoms with van der Waals surface area (Å²) in [6.45, 7) is 8.44. The minimum atomic E-state index is -0.0552. The van der Waals surface area contributed by atoms with Gasteiger partial charge in [-0.15, -0.1) is 0 Å². The van der Waals surface area contributed by atoms with Crippen LogP contribution in [-0.4, -0.2) is 59.5 Å². The molecule has 1 saturated heterocycles. The van der Waals surface area contributed by atoms with Crippen LogP contribution in [0.15, 0.2) is 42.7 Å². The van der Waals surface area contributed by atoms with E-state index in [4.69, 9.17) is 4.74 Å². The molecule has 2 amide bonds. The molecule has 0 aliphatic carbocycles. The molecule has 0 saturated carbocycles. The maximum Gasteiger partial charge on any atom is 0.255 e. The Morgan fingerprint density at radius 1 is 0.926 bits per heavy atom. The number of amides is 2. The average Bonchev–Trinajstić information content (AvgIpc) is 3.18. The van der Waals surface area contributed by atoms with Crippen LogP contribution in [0.2, 0.25) is 0 Å². The van der Waals surface area contributed by atoms with E-state index < -0.39 is 0 Å². The minimum absolute atomic E-state index is 0.0199. The molecule has 27 heavy (non-hydrogen) atoms. The molecular weight excluding hydrogens is 342 g/mol. The lowest BCUT2D eigenvalue weighted by atomic mass is 10.1. The third-order valence-corrected chi connectivity index (χ3v) is 4.89. The summed E-state index contributed by atoms with van der Waals surface area (Å²) >= 11 is 0. The van der Waals surface area contributed by atoms with Gasteiger partial charge in [0.25, 0.3) is 11.8 Å². The molecule has 6 nitrogen and oxygen atoms in total. The third-order valence-electron chi connectivity index (χ3n) is 4.89. The fraction of sp³-hybridized carbons (Fsp3) is 0.429. The van der Waals surface area contributed by atoms with E-state index in [2.05, 4.69) is 20.8 Å². The standard InChI is InChI=1S/C21H27N3O3/c1-21(2,3)24-9-8-17(15-24)20(26)23-12-10-22(11-13-23)19(25)16-6-5-7-18(14-16)27-4/h5-9,14-15H,10-13H2,1-4H3. The van der Waals surface area contributed by atoms with E-state index in [0.717, 1.165) is 0 Å². The molecule has 144 valence electrons. The molecular formula is C21H27N3O3. The highest BCUT2D eigenvalue weighted by Gasteiger charge is 2.26. The molecule has 0 radical (unpaired) electrons. The van der Waals surface area contributed by atoms with Crippen LogP contribution in [0.4, 0.5) is 0 Å². The van der Waals surface area contributed by atoms with Gasteiger partial charge >= 0.3 is 0 Å². The predicted molar refractivity (Wildman–Crippen MR) is 104 cm³/mol. The van der Waals surface area contributed by atoms with Crippen molar-refractivity contribution in [1.29, 1.82) is 0 Å². The number of nitrogens with zero attached hydrogens (tertiary/aromatic N) is 3. The summed E-state index contributed by atoms with van der Waals surface area (Å²) in [6.07, 6.45) is 3.84. The van der Waals surface area contributed by atoms with Gasteiger partial charge in [0.15, 0.2) is 0 Å². The van der Waals surface area contributed by atoms with Crippen LogP contribution in [0.25, 0.3) is 0 Å². The van der Waals surface area contributed by atoms with Crippen molar-refractivity contribution in [1.82, 2.24) is 14.4 Å². The molecule has 0 N–H and O–H groups in total. The summed E-state index contributed by atoms with van der Waals surface area (Å²) in [5, 5.41) is 0. The molecule has 0 bridgehead atoms. The maximum absolute atomic E-state index is 12.8. The Morgan fingerprint density at radius 3 is 2.04 bits per heavy atom. The SMILES string of the molecule is COc1cccc(C(=O)N2CCN(C(=O)c3ccn(C(C)(C)C)c3)CC2)c1. The molecule has 6 heteroatoms. The minimum Gasteiger partial charge on any atom is -0.497 e. The van der Waals surface area contributed by atoms with Crippen LogP contribution >= 0.6 is 0 Å². The molecule has 2 heterocycles. The average molecular weight is 369 g/mol. The number of carbonyl (C=O) groups excluding carboxylic acids is 2. The molecule has 0 unspecified atom stereocenters. The Bertz CT molecular complexity index is 827. The fourth-order valence-corrected chi connectivity index (χ4v) is 3.17. The second-order valence-electron chi connectivity index (χ2n) is 7.79. The Hall–Kier alpha value is -2.76. The van der Waals surface area contributed by atoms with E-state index in [1.807, 2.05) is 40.1 Å². The number of benzene rings is 1. The largest absolute Gasteiger partial charge is 0.497 e. The maximum atomic E-state index is 12.8. The first-order valence-corrected chi connectivity index (χ1v) is 9.20. The number of hydrogen-bond donors (Lipinski definition) is 0. The molecule has 3 rings (SSSR count).